The molecule has 0 radical (unpaired) electrons. The SMILES string of the molecule is CSc1noc2c1-c1ccccc1Oc1ccccc1-2. The molecule has 20 heavy (non-hydrogen) atoms. The molecule has 1 aliphatic rings. The van der Waals surface area contributed by atoms with Crippen molar-refractivity contribution in [3.8, 4) is 33.9 Å². The van der Waals surface area contributed by atoms with E-state index in [2.05, 4.69) is 5.16 Å². The second-order valence-electron chi connectivity index (χ2n) is 4.49. The van der Waals surface area contributed by atoms with Gasteiger partial charge in [0.15, 0.2) is 5.76 Å². The largest absolute Gasteiger partial charge is 0.456 e. The number of para-hydroxylation sites is 2. The fourth-order valence-corrected chi connectivity index (χ4v) is 2.98. The molecule has 1 aliphatic heterocycles. The smallest absolute Gasteiger partial charge is 0.179 e. The third-order valence-corrected chi connectivity index (χ3v) is 4.03. The van der Waals surface area contributed by atoms with Crippen molar-refractivity contribution in [2.24, 2.45) is 0 Å². The molecular formula is C16H11NO2S. The number of rotatable bonds is 1. The van der Waals surface area contributed by atoms with Crippen LogP contribution in [-0.2, 0) is 0 Å². The molecule has 0 saturated heterocycles. The zero-order chi connectivity index (χ0) is 13.5. The molecule has 3 aromatic rings. The first-order valence-electron chi connectivity index (χ1n) is 6.29. The first-order chi connectivity index (χ1) is 9.88. The van der Waals surface area contributed by atoms with Gasteiger partial charge in [-0.15, -0.1) is 11.8 Å². The van der Waals surface area contributed by atoms with Gasteiger partial charge in [-0.2, -0.15) is 0 Å². The van der Waals surface area contributed by atoms with Crippen molar-refractivity contribution < 1.29 is 9.26 Å². The van der Waals surface area contributed by atoms with Crippen LogP contribution < -0.4 is 4.74 Å². The third-order valence-electron chi connectivity index (χ3n) is 3.36. The number of nitrogens with zero attached hydrogens (tertiary/aromatic N) is 1. The van der Waals surface area contributed by atoms with Gasteiger partial charge < -0.3 is 9.26 Å². The van der Waals surface area contributed by atoms with Crippen LogP contribution in [-0.4, -0.2) is 11.4 Å². The molecule has 0 saturated carbocycles. The Bertz CT molecular complexity index is 795. The second-order valence-corrected chi connectivity index (χ2v) is 5.29. The highest BCUT2D eigenvalue weighted by atomic mass is 32.2. The summed E-state index contributed by atoms with van der Waals surface area (Å²) < 4.78 is 11.6. The molecule has 0 atom stereocenters. The molecule has 0 spiro atoms. The van der Waals surface area contributed by atoms with Gasteiger partial charge in [-0.25, -0.2) is 0 Å². The van der Waals surface area contributed by atoms with Gasteiger partial charge in [0, 0.05) is 5.56 Å². The Morgan fingerprint density at radius 1 is 0.900 bits per heavy atom. The van der Waals surface area contributed by atoms with Crippen molar-refractivity contribution in [3.63, 3.8) is 0 Å². The molecule has 4 heteroatoms. The maximum Gasteiger partial charge on any atom is 0.179 e. The van der Waals surface area contributed by atoms with Crippen LogP contribution in [0.3, 0.4) is 0 Å². The topological polar surface area (TPSA) is 35.3 Å². The zero-order valence-corrected chi connectivity index (χ0v) is 11.6. The molecule has 0 bridgehead atoms. The van der Waals surface area contributed by atoms with Gasteiger partial charge >= 0.3 is 0 Å². The van der Waals surface area contributed by atoms with Crippen LogP contribution in [0.15, 0.2) is 58.1 Å². The molecule has 0 fully saturated rings. The molecule has 0 unspecified atom stereocenters. The van der Waals surface area contributed by atoms with Crippen LogP contribution in [0.1, 0.15) is 0 Å². The minimum atomic E-state index is 0.773. The Labute approximate surface area is 120 Å². The van der Waals surface area contributed by atoms with Crippen LogP contribution in [0.4, 0.5) is 0 Å². The number of benzene rings is 2. The number of hydrogen-bond donors (Lipinski definition) is 0. The monoisotopic (exact) mass is 281 g/mol. The Hall–Kier alpha value is -2.20. The summed E-state index contributed by atoms with van der Waals surface area (Å²) in [4.78, 5) is 0. The van der Waals surface area contributed by atoms with Gasteiger partial charge in [0.2, 0.25) is 0 Å². The van der Waals surface area contributed by atoms with Crippen molar-refractivity contribution in [1.82, 2.24) is 5.16 Å². The van der Waals surface area contributed by atoms with E-state index in [0.29, 0.717) is 0 Å². The standard InChI is InChI=1S/C16H11NO2S/c1-20-16-14-10-6-2-4-8-12(10)18-13-9-5-3-7-11(13)15(14)19-17-16/h2-9H,1H3. The van der Waals surface area contributed by atoms with Crippen molar-refractivity contribution in [2.45, 2.75) is 5.03 Å². The Balaban J connectivity index is 2.12. The highest BCUT2D eigenvalue weighted by Gasteiger charge is 2.27. The predicted octanol–water partition coefficient (Wildman–Crippen LogP) is 4.84. The highest BCUT2D eigenvalue weighted by Crippen LogP contribution is 2.49. The lowest BCUT2D eigenvalue weighted by molar-refractivity contribution is 0.413. The van der Waals surface area contributed by atoms with Gasteiger partial charge in [0.25, 0.3) is 0 Å². The first kappa shape index (κ1) is 11.6. The van der Waals surface area contributed by atoms with Crippen LogP contribution in [0.25, 0.3) is 22.5 Å². The number of thioether (sulfide) groups is 1. The Kier molecular flexibility index (Phi) is 2.57. The fourth-order valence-electron chi connectivity index (χ4n) is 2.46. The summed E-state index contributed by atoms with van der Waals surface area (Å²) in [6, 6.07) is 15.9. The molecular weight excluding hydrogens is 270 g/mol. The normalized spacial score (nSPS) is 11.8. The second kappa shape index (κ2) is 4.42. The zero-order valence-electron chi connectivity index (χ0n) is 10.8. The van der Waals surface area contributed by atoms with Gasteiger partial charge in [-0.3, -0.25) is 0 Å². The summed E-state index contributed by atoms with van der Waals surface area (Å²) >= 11 is 1.58. The van der Waals surface area contributed by atoms with E-state index in [4.69, 9.17) is 9.26 Å². The Morgan fingerprint density at radius 3 is 2.30 bits per heavy atom. The van der Waals surface area contributed by atoms with Gasteiger partial charge in [-0.1, -0.05) is 35.5 Å². The molecule has 1 aromatic heterocycles. The molecule has 4 rings (SSSR count). The molecule has 0 N–H and O–H groups in total. The van der Waals surface area contributed by atoms with E-state index >= 15 is 0 Å². The minimum Gasteiger partial charge on any atom is -0.456 e. The number of ether oxygens (including phenoxy) is 1. The van der Waals surface area contributed by atoms with E-state index in [-0.39, 0.29) is 0 Å². The van der Waals surface area contributed by atoms with Crippen LogP contribution in [0.2, 0.25) is 0 Å². The molecule has 0 aliphatic carbocycles. The van der Waals surface area contributed by atoms with Crippen molar-refractivity contribution in [3.05, 3.63) is 48.5 Å². The van der Waals surface area contributed by atoms with E-state index in [9.17, 15) is 0 Å². The number of fused-ring (bicyclic) bond motifs is 5. The molecule has 98 valence electrons. The van der Waals surface area contributed by atoms with E-state index in [1.807, 2.05) is 54.8 Å². The summed E-state index contributed by atoms with van der Waals surface area (Å²) in [5, 5.41) is 5.07. The lowest BCUT2D eigenvalue weighted by atomic mass is 10.0. The van der Waals surface area contributed by atoms with Crippen molar-refractivity contribution in [1.29, 1.82) is 0 Å². The summed E-state index contributed by atoms with van der Waals surface area (Å²) in [5.41, 5.74) is 2.97. The minimum absolute atomic E-state index is 0.773. The van der Waals surface area contributed by atoms with Gasteiger partial charge in [0.1, 0.15) is 16.5 Å². The van der Waals surface area contributed by atoms with Crippen molar-refractivity contribution >= 4 is 11.8 Å². The molecule has 0 amide bonds. The molecule has 3 nitrogen and oxygen atoms in total. The Morgan fingerprint density at radius 2 is 1.55 bits per heavy atom. The first-order valence-corrected chi connectivity index (χ1v) is 7.51. The van der Waals surface area contributed by atoms with Crippen LogP contribution in [0.5, 0.6) is 11.5 Å². The van der Waals surface area contributed by atoms with Crippen LogP contribution in [0, 0.1) is 0 Å². The number of hydrogen-bond acceptors (Lipinski definition) is 4. The van der Waals surface area contributed by atoms with Gasteiger partial charge in [-0.05, 0) is 24.5 Å². The summed E-state index contributed by atoms with van der Waals surface area (Å²) in [6.07, 6.45) is 2.00. The fraction of sp³-hybridized carbons (Fsp3) is 0.0625. The van der Waals surface area contributed by atoms with E-state index in [1.54, 1.807) is 11.8 Å². The summed E-state index contributed by atoms with van der Waals surface area (Å²) in [6.45, 7) is 0. The predicted molar refractivity (Wildman–Crippen MR) is 79.2 cm³/mol. The lowest BCUT2D eigenvalue weighted by Gasteiger charge is -2.08. The average Bonchev–Trinajstić information content (AvgIpc) is 2.86. The lowest BCUT2D eigenvalue weighted by Crippen LogP contribution is -1.86. The van der Waals surface area contributed by atoms with E-state index in [1.165, 1.54) is 0 Å². The summed E-state index contributed by atoms with van der Waals surface area (Å²) in [5.74, 6) is 2.40. The van der Waals surface area contributed by atoms with Crippen molar-refractivity contribution in [2.75, 3.05) is 6.26 Å². The number of aromatic nitrogens is 1. The van der Waals surface area contributed by atoms with E-state index in [0.717, 1.165) is 39.0 Å². The van der Waals surface area contributed by atoms with E-state index < -0.39 is 0 Å². The van der Waals surface area contributed by atoms with Crippen LogP contribution >= 0.6 is 11.8 Å². The average molecular weight is 281 g/mol. The molecule has 2 aromatic carbocycles. The van der Waals surface area contributed by atoms with Gasteiger partial charge in [0.05, 0.1) is 11.1 Å². The summed E-state index contributed by atoms with van der Waals surface area (Å²) in [7, 11) is 0. The highest BCUT2D eigenvalue weighted by molar-refractivity contribution is 7.98. The third kappa shape index (κ3) is 1.58. The maximum atomic E-state index is 6.05. The molecule has 2 heterocycles. The maximum absolute atomic E-state index is 6.05. The quantitative estimate of drug-likeness (QED) is 0.468.